The number of carboxylic acids is 1. The molecule has 6 nitrogen and oxygen atoms in total. The Hall–Kier alpha value is -2.03. The fourth-order valence-corrected chi connectivity index (χ4v) is 4.18. The maximum Gasteiger partial charge on any atom is 1.00 e. The number of hydrogen-bond acceptors (Lipinski definition) is 6. The van der Waals surface area contributed by atoms with E-state index in [-0.39, 0.29) is 62.9 Å². The van der Waals surface area contributed by atoms with Gasteiger partial charge in [-0.05, 0) is 53.1 Å². The minimum atomic E-state index is -1.18. The SMILES string of the molecule is CN(C)c1ccc(C(c2ccc(N(C)C)cc2C(=O)[O-])c2ccc(N(C)C)cc2N(C)C)cc1.[K+]. The smallest absolute Gasteiger partial charge is 0.545 e. The second kappa shape index (κ2) is 12.3. The Morgan fingerprint density at radius 1 is 0.629 bits per heavy atom. The predicted octanol–water partition coefficient (Wildman–Crippen LogP) is 0.498. The van der Waals surface area contributed by atoms with Crippen molar-refractivity contribution in [1.29, 1.82) is 0 Å². The van der Waals surface area contributed by atoms with Crippen molar-refractivity contribution in [2.75, 3.05) is 76.0 Å². The molecule has 0 aliphatic carbocycles. The van der Waals surface area contributed by atoms with Crippen LogP contribution < -0.4 is 76.1 Å². The van der Waals surface area contributed by atoms with Crippen LogP contribution in [-0.4, -0.2) is 62.4 Å². The minimum Gasteiger partial charge on any atom is -0.545 e. The molecule has 0 aliphatic rings. The Bertz CT molecular complexity index is 1160. The summed E-state index contributed by atoms with van der Waals surface area (Å²) in [7, 11) is 15.9. The van der Waals surface area contributed by atoms with E-state index in [2.05, 4.69) is 52.3 Å². The minimum absolute atomic E-state index is 0. The standard InChI is InChI=1S/C28H36N4O2.K/c1-29(2)20-11-9-19(10-12-20)27(23-15-13-21(30(3)4)17-25(23)28(33)34)24-16-14-22(31(5)6)18-26(24)32(7)8;/h9-18,27H,1-8H3,(H,33,34);/q;+1/p-1. The molecule has 1 unspecified atom stereocenters. The van der Waals surface area contributed by atoms with Gasteiger partial charge in [0.05, 0.1) is 5.97 Å². The summed E-state index contributed by atoms with van der Waals surface area (Å²) in [4.78, 5) is 20.4. The van der Waals surface area contributed by atoms with E-state index in [0.717, 1.165) is 33.9 Å². The molecule has 0 amide bonds. The summed E-state index contributed by atoms with van der Waals surface area (Å²) in [5.41, 5.74) is 6.99. The van der Waals surface area contributed by atoms with Crippen LogP contribution in [0.25, 0.3) is 0 Å². The van der Waals surface area contributed by atoms with Gasteiger partial charge >= 0.3 is 51.4 Å². The van der Waals surface area contributed by atoms with Gasteiger partial charge in [-0.15, -0.1) is 0 Å². The molecule has 3 aromatic carbocycles. The first-order valence-corrected chi connectivity index (χ1v) is 11.3. The summed E-state index contributed by atoms with van der Waals surface area (Å²) in [6.45, 7) is 0. The maximum atomic E-state index is 12.3. The Labute approximate surface area is 252 Å². The van der Waals surface area contributed by atoms with Crippen molar-refractivity contribution in [2.45, 2.75) is 5.92 Å². The van der Waals surface area contributed by atoms with E-state index < -0.39 is 5.97 Å². The van der Waals surface area contributed by atoms with Crippen molar-refractivity contribution in [3.63, 3.8) is 0 Å². The zero-order valence-electron chi connectivity index (χ0n) is 22.5. The van der Waals surface area contributed by atoms with Gasteiger partial charge in [-0.1, -0.05) is 24.3 Å². The molecule has 1 atom stereocenters. The van der Waals surface area contributed by atoms with Gasteiger partial charge in [-0.3, -0.25) is 0 Å². The van der Waals surface area contributed by atoms with Crippen molar-refractivity contribution < 1.29 is 61.3 Å². The number of rotatable bonds is 8. The fraction of sp³-hybridized carbons (Fsp3) is 0.321. The van der Waals surface area contributed by atoms with E-state index in [4.69, 9.17) is 0 Å². The number of carboxylic acid groups (broad SMARTS) is 1. The molecule has 0 bridgehead atoms. The summed E-state index contributed by atoms with van der Waals surface area (Å²) in [5, 5.41) is 12.3. The van der Waals surface area contributed by atoms with E-state index in [9.17, 15) is 9.90 Å². The van der Waals surface area contributed by atoms with Gasteiger partial charge in [0.2, 0.25) is 0 Å². The number of anilines is 4. The average Bonchev–Trinajstić information content (AvgIpc) is 2.79. The van der Waals surface area contributed by atoms with Crippen molar-refractivity contribution in [3.8, 4) is 0 Å². The van der Waals surface area contributed by atoms with E-state index in [1.165, 1.54) is 0 Å². The zero-order chi connectivity index (χ0) is 25.2. The van der Waals surface area contributed by atoms with Crippen LogP contribution in [0.2, 0.25) is 0 Å². The molecular formula is C28H35KN4O2. The molecule has 0 spiro atoms. The number of carbonyl (C=O) groups excluding carboxylic acids is 1. The van der Waals surface area contributed by atoms with Crippen LogP contribution in [0, 0.1) is 0 Å². The van der Waals surface area contributed by atoms with Crippen molar-refractivity contribution in [1.82, 2.24) is 0 Å². The Morgan fingerprint density at radius 3 is 1.54 bits per heavy atom. The third-order valence-corrected chi connectivity index (χ3v) is 6.15. The molecule has 0 N–H and O–H groups in total. The third-order valence-electron chi connectivity index (χ3n) is 6.15. The first-order chi connectivity index (χ1) is 16.0. The van der Waals surface area contributed by atoms with Gasteiger partial charge in [0.1, 0.15) is 0 Å². The largest absolute Gasteiger partial charge is 1.00 e. The van der Waals surface area contributed by atoms with E-state index in [1.54, 1.807) is 6.07 Å². The fourth-order valence-electron chi connectivity index (χ4n) is 4.18. The molecular weight excluding hydrogens is 463 g/mol. The van der Waals surface area contributed by atoms with Crippen LogP contribution in [-0.2, 0) is 0 Å². The van der Waals surface area contributed by atoms with Crippen molar-refractivity contribution >= 4 is 28.7 Å². The molecule has 0 heterocycles. The van der Waals surface area contributed by atoms with E-state index in [0.29, 0.717) is 5.56 Å². The number of hydrogen-bond donors (Lipinski definition) is 0. The number of carbonyl (C=O) groups is 1. The molecule has 0 fully saturated rings. The molecule has 0 aromatic heterocycles. The van der Waals surface area contributed by atoms with Gasteiger partial charge in [-0.2, -0.15) is 0 Å². The number of nitrogens with zero attached hydrogens (tertiary/aromatic N) is 4. The quantitative estimate of drug-likeness (QED) is 0.333. The van der Waals surface area contributed by atoms with Crippen LogP contribution >= 0.6 is 0 Å². The summed E-state index contributed by atoms with van der Waals surface area (Å²) >= 11 is 0. The van der Waals surface area contributed by atoms with Crippen molar-refractivity contribution in [3.05, 3.63) is 82.9 Å². The van der Waals surface area contributed by atoms with Gasteiger partial charge < -0.3 is 29.5 Å². The van der Waals surface area contributed by atoms with Crippen LogP contribution in [0.5, 0.6) is 0 Å². The zero-order valence-corrected chi connectivity index (χ0v) is 25.6. The topological polar surface area (TPSA) is 53.1 Å². The molecule has 0 saturated heterocycles. The second-order valence-electron chi connectivity index (χ2n) is 9.40. The van der Waals surface area contributed by atoms with Crippen molar-refractivity contribution in [2.24, 2.45) is 0 Å². The monoisotopic (exact) mass is 498 g/mol. The molecule has 35 heavy (non-hydrogen) atoms. The van der Waals surface area contributed by atoms with Gasteiger partial charge in [0.15, 0.2) is 0 Å². The molecule has 3 rings (SSSR count). The second-order valence-corrected chi connectivity index (χ2v) is 9.40. The Kier molecular flexibility index (Phi) is 10.2. The summed E-state index contributed by atoms with van der Waals surface area (Å²) in [6.07, 6.45) is 0. The first-order valence-electron chi connectivity index (χ1n) is 11.3. The third kappa shape index (κ3) is 6.60. The Morgan fingerprint density at radius 2 is 1.09 bits per heavy atom. The normalized spacial score (nSPS) is 11.3. The Balaban J connectivity index is 0.00000432. The molecule has 0 aliphatic heterocycles. The molecule has 3 aromatic rings. The van der Waals surface area contributed by atoms with E-state index in [1.807, 2.05) is 78.3 Å². The van der Waals surface area contributed by atoms with Gasteiger partial charge in [0, 0.05) is 90.6 Å². The summed E-state index contributed by atoms with van der Waals surface area (Å²) in [5.74, 6) is -1.46. The molecule has 0 saturated carbocycles. The van der Waals surface area contributed by atoms with Crippen LogP contribution in [0.4, 0.5) is 22.7 Å². The molecule has 180 valence electrons. The maximum absolute atomic E-state index is 12.3. The van der Waals surface area contributed by atoms with Crippen LogP contribution in [0.3, 0.4) is 0 Å². The van der Waals surface area contributed by atoms with Gasteiger partial charge in [0.25, 0.3) is 0 Å². The van der Waals surface area contributed by atoms with Crippen LogP contribution in [0.15, 0.2) is 60.7 Å². The predicted molar refractivity (Wildman–Crippen MR) is 142 cm³/mol. The van der Waals surface area contributed by atoms with Crippen LogP contribution in [0.1, 0.15) is 33.0 Å². The summed E-state index contributed by atoms with van der Waals surface area (Å²) < 4.78 is 0. The average molecular weight is 499 g/mol. The molecule has 7 heteroatoms. The number of benzene rings is 3. The first kappa shape index (κ1) is 29.2. The van der Waals surface area contributed by atoms with E-state index >= 15 is 0 Å². The molecule has 0 radical (unpaired) electrons. The summed E-state index contributed by atoms with van der Waals surface area (Å²) in [6, 6.07) is 20.2. The van der Waals surface area contributed by atoms with Gasteiger partial charge in [-0.25, -0.2) is 0 Å². The number of aromatic carboxylic acids is 1.